The van der Waals surface area contributed by atoms with Gasteiger partial charge in [0.05, 0.1) is 21.7 Å². The standard InChI is InChI=1S/C15H12Cl3NO2/c16-10-6-12(17)14(13(18)7-10)19-8-11(15(20)21)9-4-2-1-3-5-9/h1-7,11,19H,8H2,(H,20,21). The van der Waals surface area contributed by atoms with Crippen LogP contribution in [-0.4, -0.2) is 17.6 Å². The van der Waals surface area contributed by atoms with Crippen LogP contribution < -0.4 is 5.32 Å². The van der Waals surface area contributed by atoms with Crippen LogP contribution >= 0.6 is 34.8 Å². The number of carboxylic acid groups (broad SMARTS) is 1. The molecule has 0 fully saturated rings. The van der Waals surface area contributed by atoms with Crippen molar-refractivity contribution in [3.63, 3.8) is 0 Å². The van der Waals surface area contributed by atoms with Crippen LogP contribution in [0.25, 0.3) is 0 Å². The number of carboxylic acids is 1. The number of halogens is 3. The second-order valence-electron chi connectivity index (χ2n) is 4.43. The molecule has 1 atom stereocenters. The van der Waals surface area contributed by atoms with Crippen LogP contribution in [0.4, 0.5) is 5.69 Å². The van der Waals surface area contributed by atoms with E-state index in [1.165, 1.54) is 0 Å². The van der Waals surface area contributed by atoms with E-state index >= 15 is 0 Å². The molecule has 0 spiro atoms. The highest BCUT2D eigenvalue weighted by molar-refractivity contribution is 6.41. The molecule has 2 N–H and O–H groups in total. The maximum absolute atomic E-state index is 11.4. The van der Waals surface area contributed by atoms with E-state index in [1.54, 1.807) is 36.4 Å². The lowest BCUT2D eigenvalue weighted by molar-refractivity contribution is -0.138. The van der Waals surface area contributed by atoms with Crippen LogP contribution in [0.5, 0.6) is 0 Å². The molecule has 110 valence electrons. The summed E-state index contributed by atoms with van der Waals surface area (Å²) < 4.78 is 0. The van der Waals surface area contributed by atoms with E-state index in [4.69, 9.17) is 34.8 Å². The Morgan fingerprint density at radius 2 is 1.67 bits per heavy atom. The molecule has 1 unspecified atom stereocenters. The second-order valence-corrected chi connectivity index (χ2v) is 5.68. The minimum absolute atomic E-state index is 0.167. The number of hydrogen-bond acceptors (Lipinski definition) is 2. The van der Waals surface area contributed by atoms with Gasteiger partial charge < -0.3 is 10.4 Å². The topological polar surface area (TPSA) is 49.3 Å². The summed E-state index contributed by atoms with van der Waals surface area (Å²) in [7, 11) is 0. The average molecular weight is 345 g/mol. The van der Waals surface area contributed by atoms with Gasteiger partial charge in [0.15, 0.2) is 0 Å². The van der Waals surface area contributed by atoms with E-state index in [2.05, 4.69) is 5.32 Å². The number of nitrogens with one attached hydrogen (secondary N) is 1. The molecular formula is C15H12Cl3NO2. The summed E-state index contributed by atoms with van der Waals surface area (Å²) in [6.07, 6.45) is 0. The minimum Gasteiger partial charge on any atom is -0.481 e. The average Bonchev–Trinajstić information content (AvgIpc) is 2.42. The Hall–Kier alpha value is -1.42. The van der Waals surface area contributed by atoms with Crippen LogP contribution in [0, 0.1) is 0 Å². The Kier molecular flexibility index (Phi) is 5.34. The van der Waals surface area contributed by atoms with Crippen molar-refractivity contribution in [3.05, 3.63) is 63.1 Å². The Bertz CT molecular complexity index is 624. The monoisotopic (exact) mass is 343 g/mol. The summed E-state index contributed by atoms with van der Waals surface area (Å²) in [5, 5.41) is 13.5. The van der Waals surface area contributed by atoms with Crippen molar-refractivity contribution >= 4 is 46.5 Å². The van der Waals surface area contributed by atoms with Gasteiger partial charge in [-0.25, -0.2) is 0 Å². The molecule has 0 saturated heterocycles. The van der Waals surface area contributed by atoms with Gasteiger partial charge in [-0.2, -0.15) is 0 Å². The molecule has 0 saturated carbocycles. The Labute approximate surface area is 137 Å². The van der Waals surface area contributed by atoms with E-state index < -0.39 is 11.9 Å². The molecule has 6 heteroatoms. The largest absolute Gasteiger partial charge is 0.481 e. The summed E-state index contributed by atoms with van der Waals surface area (Å²) >= 11 is 18.0. The van der Waals surface area contributed by atoms with Crippen LogP contribution in [-0.2, 0) is 4.79 Å². The predicted molar refractivity (Wildman–Crippen MR) is 86.8 cm³/mol. The summed E-state index contributed by atoms with van der Waals surface area (Å²) in [6.45, 7) is 0.167. The molecule has 2 rings (SSSR count). The first-order valence-corrected chi connectivity index (χ1v) is 7.28. The van der Waals surface area contributed by atoms with Crippen LogP contribution in [0.1, 0.15) is 11.5 Å². The summed E-state index contributed by atoms with van der Waals surface area (Å²) in [5.74, 6) is -1.62. The Morgan fingerprint density at radius 1 is 1.10 bits per heavy atom. The first kappa shape index (κ1) is 16.0. The zero-order valence-electron chi connectivity index (χ0n) is 10.8. The van der Waals surface area contributed by atoms with Gasteiger partial charge in [-0.15, -0.1) is 0 Å². The molecule has 0 aliphatic carbocycles. The quantitative estimate of drug-likeness (QED) is 0.808. The van der Waals surface area contributed by atoms with Crippen molar-refractivity contribution in [2.75, 3.05) is 11.9 Å². The van der Waals surface area contributed by atoms with Gasteiger partial charge in [0.1, 0.15) is 0 Å². The number of anilines is 1. The zero-order chi connectivity index (χ0) is 15.4. The van der Waals surface area contributed by atoms with Crippen molar-refractivity contribution in [1.29, 1.82) is 0 Å². The van der Waals surface area contributed by atoms with Crippen LogP contribution in [0.15, 0.2) is 42.5 Å². The van der Waals surface area contributed by atoms with Crippen molar-refractivity contribution in [2.45, 2.75) is 5.92 Å². The first-order valence-electron chi connectivity index (χ1n) is 6.15. The van der Waals surface area contributed by atoms with Gasteiger partial charge in [-0.3, -0.25) is 4.79 Å². The van der Waals surface area contributed by atoms with Gasteiger partial charge in [0, 0.05) is 11.6 Å². The molecule has 2 aromatic rings. The van der Waals surface area contributed by atoms with Crippen molar-refractivity contribution in [1.82, 2.24) is 0 Å². The SMILES string of the molecule is O=C(O)C(CNc1c(Cl)cc(Cl)cc1Cl)c1ccccc1. The van der Waals surface area contributed by atoms with E-state index in [-0.39, 0.29) is 6.54 Å². The van der Waals surface area contributed by atoms with Gasteiger partial charge in [-0.1, -0.05) is 65.1 Å². The highest BCUT2D eigenvalue weighted by Crippen LogP contribution is 2.34. The third-order valence-electron chi connectivity index (χ3n) is 2.99. The van der Waals surface area contributed by atoms with Crippen LogP contribution in [0.3, 0.4) is 0 Å². The fraction of sp³-hybridized carbons (Fsp3) is 0.133. The van der Waals surface area contributed by atoms with E-state index in [0.717, 1.165) is 0 Å². The number of hydrogen-bond donors (Lipinski definition) is 2. The van der Waals surface area contributed by atoms with E-state index in [0.29, 0.717) is 26.3 Å². The third-order valence-corrected chi connectivity index (χ3v) is 3.80. The van der Waals surface area contributed by atoms with Crippen molar-refractivity contribution < 1.29 is 9.90 Å². The van der Waals surface area contributed by atoms with Gasteiger partial charge in [-0.05, 0) is 17.7 Å². The molecule has 3 nitrogen and oxygen atoms in total. The fourth-order valence-electron chi connectivity index (χ4n) is 1.95. The number of aliphatic carboxylic acids is 1. The van der Waals surface area contributed by atoms with Gasteiger partial charge in [0.2, 0.25) is 0 Å². The van der Waals surface area contributed by atoms with Crippen molar-refractivity contribution in [2.24, 2.45) is 0 Å². The smallest absolute Gasteiger partial charge is 0.312 e. The zero-order valence-corrected chi connectivity index (χ0v) is 13.1. The molecule has 0 aliphatic rings. The molecule has 0 heterocycles. The maximum atomic E-state index is 11.4. The molecule has 0 aromatic heterocycles. The molecule has 0 aliphatic heterocycles. The number of rotatable bonds is 5. The third kappa shape index (κ3) is 4.03. The second kappa shape index (κ2) is 7.03. The molecule has 0 radical (unpaired) electrons. The maximum Gasteiger partial charge on any atom is 0.312 e. The Balaban J connectivity index is 2.19. The fourth-order valence-corrected chi connectivity index (χ4v) is 2.90. The van der Waals surface area contributed by atoms with E-state index in [9.17, 15) is 9.90 Å². The lowest BCUT2D eigenvalue weighted by atomic mass is 9.99. The van der Waals surface area contributed by atoms with Crippen molar-refractivity contribution in [3.8, 4) is 0 Å². The summed E-state index contributed by atoms with van der Waals surface area (Å²) in [5.41, 5.74) is 1.18. The normalized spacial score (nSPS) is 12.0. The summed E-state index contributed by atoms with van der Waals surface area (Å²) in [4.78, 5) is 11.4. The summed E-state index contributed by atoms with van der Waals surface area (Å²) in [6, 6.07) is 12.1. The highest BCUT2D eigenvalue weighted by Gasteiger charge is 2.20. The Morgan fingerprint density at radius 3 is 2.19 bits per heavy atom. The molecule has 21 heavy (non-hydrogen) atoms. The van der Waals surface area contributed by atoms with E-state index in [1.807, 2.05) is 6.07 Å². The van der Waals surface area contributed by atoms with Gasteiger partial charge in [0.25, 0.3) is 0 Å². The lowest BCUT2D eigenvalue weighted by Crippen LogP contribution is -2.21. The molecule has 0 bridgehead atoms. The van der Waals surface area contributed by atoms with Gasteiger partial charge >= 0.3 is 5.97 Å². The lowest BCUT2D eigenvalue weighted by Gasteiger charge is -2.16. The molecule has 0 amide bonds. The number of benzene rings is 2. The molecular weight excluding hydrogens is 333 g/mol. The number of carbonyl (C=O) groups is 1. The first-order chi connectivity index (χ1) is 9.99. The predicted octanol–water partition coefficient (Wildman–Crippen LogP) is 4.93. The molecule has 2 aromatic carbocycles. The van der Waals surface area contributed by atoms with Crippen LogP contribution in [0.2, 0.25) is 15.1 Å². The minimum atomic E-state index is -0.921. The highest BCUT2D eigenvalue weighted by atomic mass is 35.5.